The van der Waals surface area contributed by atoms with Gasteiger partial charge < -0.3 is 10.6 Å². The fourth-order valence-corrected chi connectivity index (χ4v) is 3.73. The molecule has 158 valence electrons. The molecule has 0 radical (unpaired) electrons. The predicted octanol–water partition coefficient (Wildman–Crippen LogP) is 3.23. The Morgan fingerprint density at radius 2 is 1.97 bits per heavy atom. The number of amides is 1. The Morgan fingerprint density at radius 3 is 2.67 bits per heavy atom. The molecule has 3 aromatic rings. The first-order chi connectivity index (χ1) is 14.2. The van der Waals surface area contributed by atoms with Crippen molar-refractivity contribution >= 4 is 38.7 Å². The number of benzene rings is 1. The molecule has 2 aromatic heterocycles. The van der Waals surface area contributed by atoms with Crippen LogP contribution in [0.5, 0.6) is 0 Å². The lowest BCUT2D eigenvalue weighted by molar-refractivity contribution is 0.0935. The van der Waals surface area contributed by atoms with Crippen LogP contribution >= 0.6 is 11.6 Å². The highest BCUT2D eigenvalue weighted by atomic mass is 35.5. The van der Waals surface area contributed by atoms with Crippen LogP contribution in [0.15, 0.2) is 54.3 Å². The largest absolute Gasteiger partial charge is 0.374 e. The molecule has 0 unspecified atom stereocenters. The monoisotopic (exact) mass is 447 g/mol. The fourth-order valence-electron chi connectivity index (χ4n) is 2.91. The Hall–Kier alpha value is -2.91. The second-order valence-electron chi connectivity index (χ2n) is 6.92. The van der Waals surface area contributed by atoms with E-state index < -0.39 is 21.8 Å². The van der Waals surface area contributed by atoms with Crippen molar-refractivity contribution in [2.75, 3.05) is 11.6 Å². The Bertz CT molecular complexity index is 1210. The second kappa shape index (κ2) is 8.85. The van der Waals surface area contributed by atoms with Crippen molar-refractivity contribution < 1.29 is 13.2 Å². The lowest BCUT2D eigenvalue weighted by atomic mass is 10.1. The number of nitrogens with one attached hydrogen (secondary N) is 2. The molecule has 0 aliphatic carbocycles. The van der Waals surface area contributed by atoms with E-state index in [0.717, 1.165) is 17.2 Å². The molecule has 2 atom stereocenters. The highest BCUT2D eigenvalue weighted by Gasteiger charge is 2.18. The Kier molecular flexibility index (Phi) is 6.42. The first-order valence-electron chi connectivity index (χ1n) is 9.18. The molecule has 10 heteroatoms. The first-order valence-corrected chi connectivity index (χ1v) is 11.5. The quantitative estimate of drug-likeness (QED) is 0.576. The van der Waals surface area contributed by atoms with Crippen LogP contribution < -0.4 is 10.6 Å². The number of carbonyl (C=O) groups is 1. The number of fused-ring (bicyclic) bond motifs is 1. The van der Waals surface area contributed by atoms with E-state index in [-0.39, 0.29) is 11.9 Å². The molecule has 8 nitrogen and oxygen atoms in total. The molecule has 1 amide bonds. The summed E-state index contributed by atoms with van der Waals surface area (Å²) in [7, 11) is -3.27. The molecule has 0 fully saturated rings. The van der Waals surface area contributed by atoms with Crippen molar-refractivity contribution in [3.05, 3.63) is 70.8 Å². The maximum Gasteiger partial charge on any atom is 0.288 e. The smallest absolute Gasteiger partial charge is 0.288 e. The molecule has 0 saturated heterocycles. The molecule has 0 spiro atoms. The van der Waals surface area contributed by atoms with Gasteiger partial charge in [0.05, 0.1) is 17.9 Å². The molecule has 2 heterocycles. The zero-order valence-corrected chi connectivity index (χ0v) is 18.3. The van der Waals surface area contributed by atoms with E-state index in [4.69, 9.17) is 11.6 Å². The van der Waals surface area contributed by atoms with Crippen LogP contribution in [0.1, 0.15) is 36.1 Å². The number of hydrogen-bond donors (Lipinski definition) is 2. The van der Waals surface area contributed by atoms with E-state index in [2.05, 4.69) is 20.6 Å². The number of hydrogen-bond acceptors (Lipinski definition) is 6. The summed E-state index contributed by atoms with van der Waals surface area (Å²) in [6.07, 6.45) is 7.25. The zero-order chi connectivity index (χ0) is 21.9. The second-order valence-corrected chi connectivity index (χ2v) is 9.26. The Morgan fingerprint density at radius 1 is 1.23 bits per heavy atom. The van der Waals surface area contributed by atoms with Crippen molar-refractivity contribution in [2.45, 2.75) is 25.9 Å². The molecule has 0 saturated carbocycles. The summed E-state index contributed by atoms with van der Waals surface area (Å²) in [6.45, 7) is 3.64. The van der Waals surface area contributed by atoms with Crippen LogP contribution in [0.4, 0.5) is 5.69 Å². The van der Waals surface area contributed by atoms with Gasteiger partial charge in [-0.2, -0.15) is 0 Å². The van der Waals surface area contributed by atoms with Gasteiger partial charge in [0, 0.05) is 35.1 Å². The summed E-state index contributed by atoms with van der Waals surface area (Å²) in [5.41, 5.74) is 2.11. The summed E-state index contributed by atoms with van der Waals surface area (Å²) >= 11 is 6.28. The lowest BCUT2D eigenvalue weighted by Gasteiger charge is -2.18. The predicted molar refractivity (Wildman–Crippen MR) is 117 cm³/mol. The number of imidazole rings is 1. The van der Waals surface area contributed by atoms with Crippen LogP contribution in [0, 0.1) is 0 Å². The Labute approximate surface area is 179 Å². The molecular weight excluding hydrogens is 426 g/mol. The highest BCUT2D eigenvalue weighted by Crippen LogP contribution is 2.27. The van der Waals surface area contributed by atoms with Gasteiger partial charge in [-0.25, -0.2) is 18.4 Å². The van der Waals surface area contributed by atoms with Crippen molar-refractivity contribution in [3.8, 4) is 0 Å². The Balaban J connectivity index is 1.83. The number of nitrogens with zero attached hydrogens (tertiary/aromatic N) is 3. The average molecular weight is 448 g/mol. The van der Waals surface area contributed by atoms with Gasteiger partial charge >= 0.3 is 0 Å². The third-order valence-corrected chi connectivity index (χ3v) is 5.34. The third kappa shape index (κ3) is 5.17. The average Bonchev–Trinajstić information content (AvgIpc) is 3.16. The van der Waals surface area contributed by atoms with Crippen LogP contribution in [0.2, 0.25) is 5.02 Å². The van der Waals surface area contributed by atoms with E-state index in [9.17, 15) is 13.2 Å². The molecule has 0 aliphatic heterocycles. The third-order valence-electron chi connectivity index (χ3n) is 4.35. The summed E-state index contributed by atoms with van der Waals surface area (Å²) in [5, 5.41) is 7.74. The number of carbonyl (C=O) groups excluding carboxylic acids is 1. The van der Waals surface area contributed by atoms with Crippen molar-refractivity contribution in [3.63, 3.8) is 0 Å². The minimum atomic E-state index is -3.27. The maximum atomic E-state index is 12.6. The van der Waals surface area contributed by atoms with Gasteiger partial charge in [-0.15, -0.1) is 0 Å². The van der Waals surface area contributed by atoms with Crippen LogP contribution in [-0.2, 0) is 9.84 Å². The summed E-state index contributed by atoms with van der Waals surface area (Å²) < 4.78 is 24.1. The highest BCUT2D eigenvalue weighted by molar-refractivity contribution is 7.93. The molecule has 3 rings (SSSR count). The molecule has 30 heavy (non-hydrogen) atoms. The van der Waals surface area contributed by atoms with Gasteiger partial charge in [0.2, 0.25) is 5.82 Å². The molecule has 2 N–H and O–H groups in total. The van der Waals surface area contributed by atoms with Gasteiger partial charge in [0.25, 0.3) is 5.91 Å². The fraction of sp³-hybridized carbons (Fsp3) is 0.250. The van der Waals surface area contributed by atoms with Gasteiger partial charge in [0.15, 0.2) is 15.5 Å². The summed E-state index contributed by atoms with van der Waals surface area (Å²) in [6, 6.07) is 6.93. The van der Waals surface area contributed by atoms with Crippen molar-refractivity contribution in [2.24, 2.45) is 0 Å². The molecule has 0 bridgehead atoms. The van der Waals surface area contributed by atoms with Crippen LogP contribution in [0.25, 0.3) is 5.65 Å². The van der Waals surface area contributed by atoms with Crippen molar-refractivity contribution in [1.29, 1.82) is 0 Å². The number of sulfone groups is 1. The van der Waals surface area contributed by atoms with E-state index >= 15 is 0 Å². The van der Waals surface area contributed by atoms with Crippen LogP contribution in [-0.4, -0.2) is 41.0 Å². The van der Waals surface area contributed by atoms with Crippen molar-refractivity contribution in [1.82, 2.24) is 19.7 Å². The standard InChI is InChI=1S/C20H22ClN5O3S/c1-13(8-11-30(3,28)29)24-20(27)19-23-12-17(18-22-9-10-26(18)19)25-14(2)15-6-4-5-7-16(15)21/h4-14,25H,1-3H3,(H,24,27)/b11-8+/t13-,14+/m1/s1. The maximum absolute atomic E-state index is 12.6. The van der Waals surface area contributed by atoms with E-state index in [1.807, 2.05) is 31.2 Å². The van der Waals surface area contributed by atoms with E-state index in [1.54, 1.807) is 29.9 Å². The number of anilines is 1. The summed E-state index contributed by atoms with van der Waals surface area (Å²) in [5.74, 6) is -0.313. The SMILES string of the molecule is C[C@H](/C=C/S(C)(=O)=O)NC(=O)c1ncc(N[C@@H](C)c2ccccc2Cl)c2nccn12. The molecule has 0 aliphatic rings. The summed E-state index contributed by atoms with van der Waals surface area (Å²) in [4.78, 5) is 21.3. The minimum absolute atomic E-state index is 0.109. The number of aromatic nitrogens is 3. The van der Waals surface area contributed by atoms with Gasteiger partial charge in [-0.1, -0.05) is 35.9 Å². The topological polar surface area (TPSA) is 105 Å². The lowest BCUT2D eigenvalue weighted by Crippen LogP contribution is -2.33. The van der Waals surface area contributed by atoms with Gasteiger partial charge in [-0.05, 0) is 25.5 Å². The number of rotatable bonds is 7. The normalized spacial score (nSPS) is 14.0. The zero-order valence-electron chi connectivity index (χ0n) is 16.7. The van der Waals surface area contributed by atoms with Gasteiger partial charge in [0.1, 0.15) is 0 Å². The van der Waals surface area contributed by atoms with E-state index in [0.29, 0.717) is 16.4 Å². The minimum Gasteiger partial charge on any atom is -0.374 e. The first kappa shape index (κ1) is 21.8. The van der Waals surface area contributed by atoms with Crippen LogP contribution in [0.3, 0.4) is 0 Å². The molecular formula is C20H22ClN5O3S. The van der Waals surface area contributed by atoms with Gasteiger partial charge in [-0.3, -0.25) is 9.20 Å². The van der Waals surface area contributed by atoms with E-state index in [1.165, 1.54) is 6.08 Å². The molecule has 1 aromatic carbocycles. The number of halogens is 1.